The lowest BCUT2D eigenvalue weighted by molar-refractivity contribution is -0.140. The van der Waals surface area contributed by atoms with Crippen molar-refractivity contribution in [2.45, 2.75) is 19.1 Å². The lowest BCUT2D eigenvalue weighted by Gasteiger charge is -2.26. The molecule has 3 aromatic rings. The normalized spacial score (nSPS) is 16.7. The van der Waals surface area contributed by atoms with Crippen molar-refractivity contribution >= 4 is 35.0 Å². The van der Waals surface area contributed by atoms with E-state index in [2.05, 4.69) is 4.99 Å². The van der Waals surface area contributed by atoms with E-state index in [1.54, 1.807) is 12.1 Å². The van der Waals surface area contributed by atoms with Crippen LogP contribution in [0.5, 0.6) is 0 Å². The topological polar surface area (TPSA) is 73.8 Å². The highest BCUT2D eigenvalue weighted by Gasteiger charge is 2.45. The van der Waals surface area contributed by atoms with Crippen molar-refractivity contribution in [3.63, 3.8) is 0 Å². The number of benzene rings is 1. The van der Waals surface area contributed by atoms with Crippen LogP contribution in [0.4, 0.5) is 13.2 Å². The first-order valence-electron chi connectivity index (χ1n) is 9.30. The number of halogens is 4. The van der Waals surface area contributed by atoms with E-state index in [4.69, 9.17) is 20.8 Å². The van der Waals surface area contributed by atoms with Crippen LogP contribution in [0, 0.1) is 0 Å². The number of aromatic nitrogens is 1. The molecule has 0 N–H and O–H groups in total. The van der Waals surface area contributed by atoms with Crippen LogP contribution in [-0.4, -0.2) is 23.3 Å². The van der Waals surface area contributed by atoms with E-state index in [9.17, 15) is 22.8 Å². The van der Waals surface area contributed by atoms with Gasteiger partial charge in [0.05, 0.1) is 29.0 Å². The van der Waals surface area contributed by atoms with Crippen molar-refractivity contribution in [3.8, 4) is 0 Å². The number of carbonyl (C=O) groups is 1. The largest absolute Gasteiger partial charge is 0.465 e. The van der Waals surface area contributed by atoms with Gasteiger partial charge < -0.3 is 9.15 Å². The number of carbonyl (C=O) groups excluding carboxylic acids is 1. The average Bonchev–Trinajstić information content (AvgIpc) is 3.35. The predicted molar refractivity (Wildman–Crippen MR) is 111 cm³/mol. The molecule has 0 saturated heterocycles. The van der Waals surface area contributed by atoms with Crippen LogP contribution in [0.2, 0.25) is 5.02 Å². The first-order valence-corrected chi connectivity index (χ1v) is 10.5. The molecule has 1 aliphatic heterocycles. The SMILES string of the molecule is CCOC(=O)C1=C(C(F)(F)F)N=c2s/c(=C\c3ccco3)c(=O)n2[C@@H]1c1ccc(Cl)cc1. The molecule has 0 amide bonds. The van der Waals surface area contributed by atoms with Gasteiger partial charge in [-0.2, -0.15) is 13.2 Å². The number of thiazole rings is 1. The molecule has 0 aliphatic carbocycles. The molecule has 1 aliphatic rings. The zero-order valence-electron chi connectivity index (χ0n) is 16.4. The highest BCUT2D eigenvalue weighted by atomic mass is 35.5. The molecule has 4 rings (SSSR count). The summed E-state index contributed by atoms with van der Waals surface area (Å²) >= 11 is 6.70. The fraction of sp³-hybridized carbons (Fsp3) is 0.190. The Morgan fingerprint density at radius 3 is 2.62 bits per heavy atom. The number of nitrogens with zero attached hydrogens (tertiary/aromatic N) is 2. The molecule has 32 heavy (non-hydrogen) atoms. The maximum Gasteiger partial charge on any atom is 0.434 e. The highest BCUT2D eigenvalue weighted by molar-refractivity contribution is 7.07. The standard InChI is InChI=1S/C21H14ClF3N2O4S/c1-2-30-19(29)15-16(11-5-7-12(22)8-6-11)27-18(28)14(10-13-4-3-9-31-13)32-20(27)26-17(15)21(23,24)25/h3-10,16H,2H2,1H3/b14-10-/t16-/m1/s1. The molecular formula is C21H14ClF3N2O4S. The van der Waals surface area contributed by atoms with E-state index in [0.29, 0.717) is 10.8 Å². The Hall–Kier alpha value is -3.11. The summed E-state index contributed by atoms with van der Waals surface area (Å²) in [5.74, 6) is -0.859. The van der Waals surface area contributed by atoms with Crippen molar-refractivity contribution in [1.82, 2.24) is 4.57 Å². The summed E-state index contributed by atoms with van der Waals surface area (Å²) in [6, 6.07) is 7.64. The third kappa shape index (κ3) is 4.03. The Bertz CT molecular complexity index is 1370. The summed E-state index contributed by atoms with van der Waals surface area (Å²) in [7, 11) is 0. The van der Waals surface area contributed by atoms with E-state index in [1.807, 2.05) is 0 Å². The van der Waals surface area contributed by atoms with Crippen LogP contribution >= 0.6 is 22.9 Å². The third-order valence-corrected chi connectivity index (χ3v) is 5.83. The Kier molecular flexibility index (Phi) is 5.83. The average molecular weight is 483 g/mol. The van der Waals surface area contributed by atoms with Crippen LogP contribution in [0.1, 0.15) is 24.3 Å². The van der Waals surface area contributed by atoms with E-state index in [-0.39, 0.29) is 21.5 Å². The Labute approximate surface area is 187 Å². The smallest absolute Gasteiger partial charge is 0.434 e. The van der Waals surface area contributed by atoms with Gasteiger partial charge >= 0.3 is 12.1 Å². The van der Waals surface area contributed by atoms with Gasteiger partial charge in [-0.1, -0.05) is 35.1 Å². The van der Waals surface area contributed by atoms with E-state index in [1.165, 1.54) is 43.5 Å². The molecule has 166 valence electrons. The molecule has 6 nitrogen and oxygen atoms in total. The maximum atomic E-state index is 14.0. The lowest BCUT2D eigenvalue weighted by atomic mass is 9.95. The Balaban J connectivity index is 2.06. The first kappa shape index (κ1) is 22.1. The van der Waals surface area contributed by atoms with Gasteiger partial charge in [0.15, 0.2) is 10.5 Å². The number of esters is 1. The Morgan fingerprint density at radius 2 is 2.03 bits per heavy atom. The number of ether oxygens (including phenoxy) is 1. The summed E-state index contributed by atoms with van der Waals surface area (Å²) in [4.78, 5) is 29.4. The first-order chi connectivity index (χ1) is 15.2. The molecule has 0 spiro atoms. The minimum absolute atomic E-state index is 0.101. The molecule has 0 saturated carbocycles. The quantitative estimate of drug-likeness (QED) is 0.533. The van der Waals surface area contributed by atoms with Crippen molar-refractivity contribution in [2.75, 3.05) is 6.61 Å². The van der Waals surface area contributed by atoms with Crippen molar-refractivity contribution in [3.05, 3.63) is 90.0 Å². The minimum Gasteiger partial charge on any atom is -0.465 e. The van der Waals surface area contributed by atoms with Crippen LogP contribution in [0.3, 0.4) is 0 Å². The summed E-state index contributed by atoms with van der Waals surface area (Å²) in [5, 5.41) is 0.344. The fourth-order valence-electron chi connectivity index (χ4n) is 3.30. The van der Waals surface area contributed by atoms with Gasteiger partial charge in [0.25, 0.3) is 5.56 Å². The molecule has 0 unspecified atom stereocenters. The van der Waals surface area contributed by atoms with Crippen molar-refractivity contribution < 1.29 is 27.1 Å². The number of alkyl halides is 3. The van der Waals surface area contributed by atoms with Crippen LogP contribution in [0.15, 0.2) is 68.1 Å². The zero-order chi connectivity index (χ0) is 23.0. The molecule has 3 heterocycles. The monoisotopic (exact) mass is 482 g/mol. The molecule has 11 heteroatoms. The second kappa shape index (κ2) is 8.44. The molecule has 2 aromatic heterocycles. The van der Waals surface area contributed by atoms with Gasteiger partial charge in [-0.25, -0.2) is 9.79 Å². The summed E-state index contributed by atoms with van der Waals surface area (Å²) in [6.45, 7) is 1.32. The van der Waals surface area contributed by atoms with Crippen LogP contribution in [-0.2, 0) is 9.53 Å². The number of allylic oxidation sites excluding steroid dienone is 1. The van der Waals surface area contributed by atoms with Gasteiger partial charge in [-0.15, -0.1) is 0 Å². The third-order valence-electron chi connectivity index (χ3n) is 4.60. The Morgan fingerprint density at radius 1 is 1.31 bits per heavy atom. The van der Waals surface area contributed by atoms with E-state index in [0.717, 1.165) is 15.9 Å². The molecule has 0 radical (unpaired) electrons. The number of fused-ring (bicyclic) bond motifs is 1. The lowest BCUT2D eigenvalue weighted by Crippen LogP contribution is -2.41. The molecule has 0 fully saturated rings. The van der Waals surface area contributed by atoms with Crippen molar-refractivity contribution in [1.29, 1.82) is 0 Å². The van der Waals surface area contributed by atoms with Gasteiger partial charge in [0.1, 0.15) is 5.76 Å². The van der Waals surface area contributed by atoms with Crippen LogP contribution < -0.4 is 14.9 Å². The number of hydrogen-bond acceptors (Lipinski definition) is 6. The fourth-order valence-corrected chi connectivity index (χ4v) is 4.41. The van der Waals surface area contributed by atoms with Crippen molar-refractivity contribution in [2.24, 2.45) is 4.99 Å². The number of furan rings is 1. The van der Waals surface area contributed by atoms with Gasteiger partial charge in [-0.3, -0.25) is 9.36 Å². The van der Waals surface area contributed by atoms with Gasteiger partial charge in [-0.05, 0) is 36.8 Å². The summed E-state index contributed by atoms with van der Waals surface area (Å²) in [5.41, 5.74) is -2.53. The second-order valence-corrected chi connectivity index (χ2v) is 8.08. The maximum absolute atomic E-state index is 14.0. The molecule has 1 aromatic carbocycles. The zero-order valence-corrected chi connectivity index (χ0v) is 17.9. The molecular weight excluding hydrogens is 469 g/mol. The van der Waals surface area contributed by atoms with Gasteiger partial charge in [0.2, 0.25) is 0 Å². The predicted octanol–water partition coefficient (Wildman–Crippen LogP) is 3.59. The van der Waals surface area contributed by atoms with Gasteiger partial charge in [0, 0.05) is 11.1 Å². The number of rotatable bonds is 4. The highest BCUT2D eigenvalue weighted by Crippen LogP contribution is 2.38. The summed E-state index contributed by atoms with van der Waals surface area (Å²) < 4.78 is 53.2. The van der Waals surface area contributed by atoms with E-state index < -0.39 is 35.0 Å². The summed E-state index contributed by atoms with van der Waals surface area (Å²) in [6.07, 6.45) is -2.15. The van der Waals surface area contributed by atoms with E-state index >= 15 is 0 Å². The minimum atomic E-state index is -4.96. The number of hydrogen-bond donors (Lipinski definition) is 0. The second-order valence-electron chi connectivity index (χ2n) is 6.63. The molecule has 0 bridgehead atoms. The molecule has 1 atom stereocenters. The van der Waals surface area contributed by atoms with Crippen LogP contribution in [0.25, 0.3) is 6.08 Å².